The van der Waals surface area contributed by atoms with Crippen molar-refractivity contribution in [3.05, 3.63) is 35.6 Å². The standard InChI is InChI=1S/C18H31FN4/c1-6-20-17(21-11-12-23(5)7-2)22-14-18(3,4)15-9-8-10-16(19)13-15/h8-10,13H,6-7,11-12,14H2,1-5H3,(H2,20,21,22). The van der Waals surface area contributed by atoms with Crippen LogP contribution in [0.4, 0.5) is 4.39 Å². The van der Waals surface area contributed by atoms with Gasteiger partial charge in [0, 0.05) is 25.0 Å². The van der Waals surface area contributed by atoms with E-state index in [0.717, 1.165) is 37.7 Å². The Bertz CT molecular complexity index is 500. The molecule has 0 fully saturated rings. The van der Waals surface area contributed by atoms with Gasteiger partial charge in [-0.1, -0.05) is 32.9 Å². The van der Waals surface area contributed by atoms with Crippen LogP contribution in [-0.2, 0) is 5.41 Å². The molecule has 4 nitrogen and oxygen atoms in total. The highest BCUT2D eigenvalue weighted by Gasteiger charge is 2.21. The molecule has 0 saturated carbocycles. The van der Waals surface area contributed by atoms with Gasteiger partial charge < -0.3 is 15.5 Å². The predicted molar refractivity (Wildman–Crippen MR) is 96.6 cm³/mol. The monoisotopic (exact) mass is 322 g/mol. The minimum absolute atomic E-state index is 0.202. The Kier molecular flexibility index (Phi) is 8.03. The van der Waals surface area contributed by atoms with Crippen LogP contribution in [0.2, 0.25) is 0 Å². The molecule has 130 valence electrons. The molecule has 0 aromatic heterocycles. The maximum atomic E-state index is 13.4. The SMILES string of the molecule is CCNC(=NCC(C)(C)c1cccc(F)c1)NCCN(C)CC. The number of aliphatic imine (C=N–C) groups is 1. The average Bonchev–Trinajstić information content (AvgIpc) is 2.52. The average molecular weight is 322 g/mol. The maximum Gasteiger partial charge on any atom is 0.191 e. The number of halogens is 1. The third kappa shape index (κ3) is 6.99. The van der Waals surface area contributed by atoms with Gasteiger partial charge in [-0.2, -0.15) is 0 Å². The molecule has 0 aliphatic heterocycles. The molecule has 0 unspecified atom stereocenters. The molecule has 0 spiro atoms. The van der Waals surface area contributed by atoms with Crippen LogP contribution in [0.25, 0.3) is 0 Å². The van der Waals surface area contributed by atoms with Gasteiger partial charge in [-0.15, -0.1) is 0 Å². The molecule has 0 aliphatic rings. The molecule has 5 heteroatoms. The van der Waals surface area contributed by atoms with Gasteiger partial charge >= 0.3 is 0 Å². The summed E-state index contributed by atoms with van der Waals surface area (Å²) in [6.07, 6.45) is 0. The van der Waals surface area contributed by atoms with E-state index in [1.54, 1.807) is 12.1 Å². The minimum atomic E-state index is -0.218. The van der Waals surface area contributed by atoms with E-state index in [4.69, 9.17) is 0 Å². The first-order valence-corrected chi connectivity index (χ1v) is 8.35. The largest absolute Gasteiger partial charge is 0.357 e. The lowest BCUT2D eigenvalue weighted by molar-refractivity contribution is 0.357. The van der Waals surface area contributed by atoms with Crippen molar-refractivity contribution in [1.29, 1.82) is 0 Å². The lowest BCUT2D eigenvalue weighted by atomic mass is 9.85. The van der Waals surface area contributed by atoms with Crippen LogP contribution in [0, 0.1) is 5.82 Å². The van der Waals surface area contributed by atoms with Gasteiger partial charge in [0.25, 0.3) is 0 Å². The van der Waals surface area contributed by atoms with Crippen LogP contribution >= 0.6 is 0 Å². The normalized spacial score (nSPS) is 12.6. The van der Waals surface area contributed by atoms with Gasteiger partial charge in [0.2, 0.25) is 0 Å². The zero-order chi connectivity index (χ0) is 17.3. The van der Waals surface area contributed by atoms with E-state index in [9.17, 15) is 4.39 Å². The zero-order valence-corrected chi connectivity index (χ0v) is 15.1. The number of nitrogens with one attached hydrogen (secondary N) is 2. The third-order valence-corrected chi connectivity index (χ3v) is 3.91. The quantitative estimate of drug-likeness (QED) is 0.571. The van der Waals surface area contributed by atoms with Crippen molar-refractivity contribution < 1.29 is 4.39 Å². The Balaban J connectivity index is 2.67. The van der Waals surface area contributed by atoms with Crippen molar-refractivity contribution >= 4 is 5.96 Å². The van der Waals surface area contributed by atoms with Gasteiger partial charge in [0.05, 0.1) is 6.54 Å². The Morgan fingerprint density at radius 3 is 2.61 bits per heavy atom. The molecule has 1 rings (SSSR count). The number of nitrogens with zero attached hydrogens (tertiary/aromatic N) is 2. The molecule has 1 aromatic rings. The smallest absolute Gasteiger partial charge is 0.191 e. The van der Waals surface area contributed by atoms with Gasteiger partial charge in [0.15, 0.2) is 5.96 Å². The van der Waals surface area contributed by atoms with Crippen molar-refractivity contribution in [1.82, 2.24) is 15.5 Å². The van der Waals surface area contributed by atoms with Crippen LogP contribution in [0.3, 0.4) is 0 Å². The summed E-state index contributed by atoms with van der Waals surface area (Å²) in [7, 11) is 2.10. The van der Waals surface area contributed by atoms with E-state index in [1.807, 2.05) is 13.0 Å². The number of hydrogen-bond acceptors (Lipinski definition) is 2. The van der Waals surface area contributed by atoms with E-state index in [-0.39, 0.29) is 11.2 Å². The summed E-state index contributed by atoms with van der Waals surface area (Å²) in [5.41, 5.74) is 0.743. The number of likely N-dealkylation sites (N-methyl/N-ethyl adjacent to an activating group) is 1. The summed E-state index contributed by atoms with van der Waals surface area (Å²) >= 11 is 0. The minimum Gasteiger partial charge on any atom is -0.357 e. The van der Waals surface area contributed by atoms with Crippen LogP contribution in [0.15, 0.2) is 29.3 Å². The highest BCUT2D eigenvalue weighted by atomic mass is 19.1. The van der Waals surface area contributed by atoms with E-state index in [0.29, 0.717) is 6.54 Å². The van der Waals surface area contributed by atoms with Gasteiger partial charge in [-0.25, -0.2) is 4.39 Å². The highest BCUT2D eigenvalue weighted by molar-refractivity contribution is 5.79. The first kappa shape index (κ1) is 19.4. The van der Waals surface area contributed by atoms with Crippen molar-refractivity contribution in [2.45, 2.75) is 33.1 Å². The second-order valence-corrected chi connectivity index (χ2v) is 6.41. The highest BCUT2D eigenvalue weighted by Crippen LogP contribution is 2.24. The van der Waals surface area contributed by atoms with Crippen molar-refractivity contribution in [2.75, 3.05) is 39.8 Å². The summed E-state index contributed by atoms with van der Waals surface area (Å²) in [4.78, 5) is 6.91. The fourth-order valence-electron chi connectivity index (χ4n) is 2.14. The van der Waals surface area contributed by atoms with E-state index in [1.165, 1.54) is 6.07 Å². The Labute approximate surface area is 140 Å². The van der Waals surface area contributed by atoms with Crippen LogP contribution in [-0.4, -0.2) is 50.6 Å². The number of hydrogen-bond donors (Lipinski definition) is 2. The fraction of sp³-hybridized carbons (Fsp3) is 0.611. The lowest BCUT2D eigenvalue weighted by Crippen LogP contribution is -2.41. The predicted octanol–water partition coefficient (Wildman–Crippen LogP) is 2.61. The summed E-state index contributed by atoms with van der Waals surface area (Å²) in [5, 5.41) is 6.60. The van der Waals surface area contributed by atoms with Crippen molar-refractivity contribution in [3.8, 4) is 0 Å². The van der Waals surface area contributed by atoms with Crippen molar-refractivity contribution in [3.63, 3.8) is 0 Å². The number of guanidine groups is 1. The Hall–Kier alpha value is -1.62. The fourth-order valence-corrected chi connectivity index (χ4v) is 2.14. The number of rotatable bonds is 8. The zero-order valence-electron chi connectivity index (χ0n) is 15.1. The molecule has 0 aliphatic carbocycles. The molecular formula is C18H31FN4. The van der Waals surface area contributed by atoms with E-state index >= 15 is 0 Å². The lowest BCUT2D eigenvalue weighted by Gasteiger charge is -2.24. The van der Waals surface area contributed by atoms with Crippen LogP contribution in [0.1, 0.15) is 33.3 Å². The first-order chi connectivity index (χ1) is 10.9. The van der Waals surface area contributed by atoms with E-state index < -0.39 is 0 Å². The van der Waals surface area contributed by atoms with Gasteiger partial charge in [-0.05, 0) is 38.2 Å². The van der Waals surface area contributed by atoms with Crippen LogP contribution in [0.5, 0.6) is 0 Å². The van der Waals surface area contributed by atoms with Gasteiger partial charge in [-0.3, -0.25) is 4.99 Å². The molecule has 0 radical (unpaired) electrons. The summed E-state index contributed by atoms with van der Waals surface area (Å²) < 4.78 is 13.4. The van der Waals surface area contributed by atoms with Crippen LogP contribution < -0.4 is 10.6 Å². The molecule has 0 bridgehead atoms. The molecule has 0 heterocycles. The summed E-state index contributed by atoms with van der Waals surface area (Å²) in [5.74, 6) is 0.605. The Morgan fingerprint density at radius 2 is 2.00 bits per heavy atom. The molecule has 0 amide bonds. The first-order valence-electron chi connectivity index (χ1n) is 8.35. The Morgan fingerprint density at radius 1 is 1.26 bits per heavy atom. The van der Waals surface area contributed by atoms with E-state index in [2.05, 4.69) is 48.3 Å². The summed E-state index contributed by atoms with van der Waals surface area (Å²) in [6, 6.07) is 6.76. The molecule has 2 N–H and O–H groups in total. The molecule has 1 aromatic carbocycles. The molecule has 0 saturated heterocycles. The second kappa shape index (κ2) is 9.50. The topological polar surface area (TPSA) is 39.7 Å². The third-order valence-electron chi connectivity index (χ3n) is 3.91. The van der Waals surface area contributed by atoms with Crippen molar-refractivity contribution in [2.24, 2.45) is 4.99 Å². The molecule has 23 heavy (non-hydrogen) atoms. The number of benzene rings is 1. The van der Waals surface area contributed by atoms with Gasteiger partial charge in [0.1, 0.15) is 5.82 Å². The second-order valence-electron chi connectivity index (χ2n) is 6.41. The summed E-state index contributed by atoms with van der Waals surface area (Å²) in [6.45, 7) is 12.6. The maximum absolute atomic E-state index is 13.4. The molecule has 0 atom stereocenters. The molecular weight excluding hydrogens is 291 g/mol.